The molecule has 0 saturated carbocycles. The fraction of sp³-hybridized carbons (Fsp3) is 0.167. The number of carbonyl (C=O) groups is 2. The van der Waals surface area contributed by atoms with Crippen LogP contribution in [0.3, 0.4) is 0 Å². The first-order valence-corrected chi connectivity index (χ1v) is 6.45. The van der Waals surface area contributed by atoms with Crippen molar-refractivity contribution in [3.63, 3.8) is 0 Å². The number of aldehydes is 1. The molecule has 1 amide bonds. The first kappa shape index (κ1) is 14.5. The molecule has 0 aliphatic carbocycles. The van der Waals surface area contributed by atoms with Crippen LogP contribution in [0, 0.1) is 0 Å². The van der Waals surface area contributed by atoms with Crippen molar-refractivity contribution in [3.05, 3.63) is 40.1 Å². The largest absolute Gasteiger partial charge is 0.323 e. The van der Waals surface area contributed by atoms with Crippen LogP contribution in [0.15, 0.2) is 24.4 Å². The topological polar surface area (TPSA) is 76.9 Å². The van der Waals surface area contributed by atoms with Crippen LogP contribution < -0.4 is 5.32 Å². The van der Waals surface area contributed by atoms with Crippen LogP contribution in [0.1, 0.15) is 16.9 Å². The number of anilines is 1. The summed E-state index contributed by atoms with van der Waals surface area (Å²) in [5, 5.41) is 10.7. The molecule has 0 fully saturated rings. The molecule has 0 aliphatic rings. The van der Waals surface area contributed by atoms with Crippen LogP contribution in [0.25, 0.3) is 0 Å². The molecule has 1 heterocycles. The molecule has 2 aromatic rings. The molecule has 1 aromatic carbocycles. The minimum absolute atomic E-state index is 0.156. The molecule has 0 aliphatic heterocycles. The van der Waals surface area contributed by atoms with E-state index in [1.807, 2.05) is 0 Å². The van der Waals surface area contributed by atoms with Crippen LogP contribution in [-0.4, -0.2) is 27.2 Å². The average Bonchev–Trinajstić information content (AvgIpc) is 2.89. The summed E-state index contributed by atoms with van der Waals surface area (Å²) in [4.78, 5) is 22.3. The quantitative estimate of drug-likeness (QED) is 0.860. The molecule has 0 atom stereocenters. The lowest BCUT2D eigenvalue weighted by atomic mass is 10.3. The van der Waals surface area contributed by atoms with Crippen LogP contribution in [0.5, 0.6) is 0 Å². The predicted octanol–water partition coefficient (Wildman–Crippen LogP) is 2.43. The molecular weight excluding hydrogens is 303 g/mol. The van der Waals surface area contributed by atoms with Gasteiger partial charge in [-0.25, -0.2) is 0 Å². The van der Waals surface area contributed by atoms with E-state index in [0.717, 1.165) is 0 Å². The van der Waals surface area contributed by atoms with Crippen molar-refractivity contribution in [2.24, 2.45) is 0 Å². The number of nitrogens with one attached hydrogen (secondary N) is 1. The Hall–Kier alpha value is -1.92. The summed E-state index contributed by atoms with van der Waals surface area (Å²) in [6.45, 7) is 0.300. The zero-order chi connectivity index (χ0) is 14.5. The first-order chi connectivity index (χ1) is 9.60. The van der Waals surface area contributed by atoms with Gasteiger partial charge in [-0.1, -0.05) is 34.5 Å². The standard InChI is InChI=1S/C12H10Cl2N4O2/c13-9-2-1-3-10(14)12(9)15-11(20)4-5-18-6-8(7-19)16-17-18/h1-3,6-7H,4-5H2,(H,15,20). The van der Waals surface area contributed by atoms with E-state index in [9.17, 15) is 9.59 Å². The first-order valence-electron chi connectivity index (χ1n) is 5.69. The zero-order valence-corrected chi connectivity index (χ0v) is 11.7. The summed E-state index contributed by atoms with van der Waals surface area (Å²) < 4.78 is 1.41. The Labute approximate surface area is 124 Å². The van der Waals surface area contributed by atoms with Crippen LogP contribution in [-0.2, 0) is 11.3 Å². The second kappa shape index (κ2) is 6.49. The van der Waals surface area contributed by atoms with Crippen molar-refractivity contribution in [3.8, 4) is 0 Å². The van der Waals surface area contributed by atoms with E-state index in [0.29, 0.717) is 28.6 Å². The minimum atomic E-state index is -0.261. The molecule has 104 valence electrons. The predicted molar refractivity (Wildman–Crippen MR) is 75.1 cm³/mol. The number of hydrogen-bond donors (Lipinski definition) is 1. The summed E-state index contributed by atoms with van der Waals surface area (Å²) in [5.74, 6) is -0.261. The molecule has 0 saturated heterocycles. The van der Waals surface area contributed by atoms with Gasteiger partial charge in [0.2, 0.25) is 5.91 Å². The Morgan fingerprint density at radius 2 is 2.05 bits per heavy atom. The van der Waals surface area contributed by atoms with Gasteiger partial charge < -0.3 is 5.32 Å². The van der Waals surface area contributed by atoms with Crippen LogP contribution >= 0.6 is 23.2 Å². The molecule has 0 unspecified atom stereocenters. The van der Waals surface area contributed by atoms with E-state index in [-0.39, 0.29) is 18.0 Å². The van der Waals surface area contributed by atoms with Gasteiger partial charge in [-0.3, -0.25) is 14.3 Å². The molecule has 1 N–H and O–H groups in total. The Bertz CT molecular complexity index is 622. The molecular formula is C12H10Cl2N4O2. The SMILES string of the molecule is O=Cc1cn(CCC(=O)Nc2c(Cl)cccc2Cl)nn1. The summed E-state index contributed by atoms with van der Waals surface area (Å²) in [5.41, 5.74) is 0.604. The smallest absolute Gasteiger partial charge is 0.226 e. The number of amides is 1. The number of hydrogen-bond acceptors (Lipinski definition) is 4. The second-order valence-electron chi connectivity index (χ2n) is 3.92. The third-order valence-electron chi connectivity index (χ3n) is 2.47. The van der Waals surface area contributed by atoms with E-state index in [4.69, 9.17) is 23.2 Å². The number of halogens is 2. The van der Waals surface area contributed by atoms with Crippen molar-refractivity contribution in [1.29, 1.82) is 0 Å². The van der Waals surface area contributed by atoms with E-state index in [1.54, 1.807) is 18.2 Å². The lowest BCUT2D eigenvalue weighted by Crippen LogP contribution is -2.15. The molecule has 2 rings (SSSR count). The van der Waals surface area contributed by atoms with E-state index in [2.05, 4.69) is 15.6 Å². The van der Waals surface area contributed by atoms with Crippen molar-refractivity contribution >= 4 is 41.1 Å². The highest BCUT2D eigenvalue weighted by Crippen LogP contribution is 2.29. The fourth-order valence-corrected chi connectivity index (χ4v) is 2.00. The number of aryl methyl sites for hydroxylation is 1. The number of carbonyl (C=O) groups excluding carboxylic acids is 2. The Morgan fingerprint density at radius 3 is 2.65 bits per heavy atom. The molecule has 20 heavy (non-hydrogen) atoms. The molecule has 0 spiro atoms. The maximum absolute atomic E-state index is 11.8. The molecule has 1 aromatic heterocycles. The number of aromatic nitrogens is 3. The number of benzene rings is 1. The van der Waals surface area contributed by atoms with Gasteiger partial charge in [0.15, 0.2) is 6.29 Å². The van der Waals surface area contributed by atoms with Crippen LogP contribution in [0.4, 0.5) is 5.69 Å². The lowest BCUT2D eigenvalue weighted by molar-refractivity contribution is -0.116. The molecule has 8 heteroatoms. The Morgan fingerprint density at radius 1 is 1.35 bits per heavy atom. The lowest BCUT2D eigenvalue weighted by Gasteiger charge is -2.08. The Balaban J connectivity index is 1.94. The summed E-state index contributed by atoms with van der Waals surface area (Å²) in [6, 6.07) is 4.96. The van der Waals surface area contributed by atoms with E-state index < -0.39 is 0 Å². The number of nitrogens with zero attached hydrogens (tertiary/aromatic N) is 3. The third-order valence-corrected chi connectivity index (χ3v) is 3.10. The van der Waals surface area contributed by atoms with Crippen LogP contribution in [0.2, 0.25) is 10.0 Å². The van der Waals surface area contributed by atoms with E-state index >= 15 is 0 Å². The number of rotatable bonds is 5. The molecule has 0 radical (unpaired) electrons. The molecule has 6 nitrogen and oxygen atoms in total. The number of para-hydroxylation sites is 1. The van der Waals surface area contributed by atoms with Crippen molar-refractivity contribution in [1.82, 2.24) is 15.0 Å². The monoisotopic (exact) mass is 312 g/mol. The Kier molecular flexibility index (Phi) is 4.70. The zero-order valence-electron chi connectivity index (χ0n) is 10.2. The third kappa shape index (κ3) is 3.55. The van der Waals surface area contributed by atoms with Crippen molar-refractivity contribution in [2.45, 2.75) is 13.0 Å². The highest BCUT2D eigenvalue weighted by molar-refractivity contribution is 6.39. The van der Waals surface area contributed by atoms with Gasteiger partial charge in [0.05, 0.1) is 28.5 Å². The maximum atomic E-state index is 11.8. The minimum Gasteiger partial charge on any atom is -0.323 e. The average molecular weight is 313 g/mol. The summed E-state index contributed by atoms with van der Waals surface area (Å²) in [7, 11) is 0. The highest BCUT2D eigenvalue weighted by atomic mass is 35.5. The van der Waals surface area contributed by atoms with Crippen molar-refractivity contribution in [2.75, 3.05) is 5.32 Å². The van der Waals surface area contributed by atoms with Crippen molar-refractivity contribution < 1.29 is 9.59 Å². The van der Waals surface area contributed by atoms with Gasteiger partial charge in [0.25, 0.3) is 0 Å². The highest BCUT2D eigenvalue weighted by Gasteiger charge is 2.10. The fourth-order valence-electron chi connectivity index (χ4n) is 1.51. The van der Waals surface area contributed by atoms with Gasteiger partial charge in [0.1, 0.15) is 5.69 Å². The van der Waals surface area contributed by atoms with Gasteiger partial charge in [-0.05, 0) is 12.1 Å². The normalized spacial score (nSPS) is 10.3. The maximum Gasteiger partial charge on any atom is 0.226 e. The second-order valence-corrected chi connectivity index (χ2v) is 4.73. The van der Waals surface area contributed by atoms with Gasteiger partial charge in [-0.2, -0.15) is 0 Å². The van der Waals surface area contributed by atoms with Gasteiger partial charge >= 0.3 is 0 Å². The summed E-state index contributed by atoms with van der Waals surface area (Å²) >= 11 is 11.9. The van der Waals surface area contributed by atoms with Gasteiger partial charge in [-0.15, -0.1) is 5.10 Å². The molecule has 0 bridgehead atoms. The summed E-state index contributed by atoms with van der Waals surface area (Å²) in [6.07, 6.45) is 2.21. The van der Waals surface area contributed by atoms with Gasteiger partial charge in [0, 0.05) is 6.42 Å². The van der Waals surface area contributed by atoms with E-state index in [1.165, 1.54) is 10.9 Å².